The van der Waals surface area contributed by atoms with Gasteiger partial charge in [-0.3, -0.25) is 4.79 Å². The van der Waals surface area contributed by atoms with Crippen LogP contribution in [0.3, 0.4) is 0 Å². The first-order chi connectivity index (χ1) is 12.4. The van der Waals surface area contributed by atoms with Gasteiger partial charge in [-0.25, -0.2) is 18.1 Å². The highest BCUT2D eigenvalue weighted by Crippen LogP contribution is 2.18. The van der Waals surface area contributed by atoms with Crippen molar-refractivity contribution in [3.05, 3.63) is 47.9 Å². The van der Waals surface area contributed by atoms with Crippen molar-refractivity contribution in [2.24, 2.45) is 0 Å². The van der Waals surface area contributed by atoms with Crippen molar-refractivity contribution >= 4 is 21.4 Å². The maximum absolute atomic E-state index is 12.3. The number of aromatic nitrogens is 3. The Bertz CT molecular complexity index is 1020. The van der Waals surface area contributed by atoms with Gasteiger partial charge in [0, 0.05) is 19.2 Å². The molecular formula is C16H19N5O4S. The lowest BCUT2D eigenvalue weighted by Gasteiger charge is -2.07. The summed E-state index contributed by atoms with van der Waals surface area (Å²) in [7, 11) is -3.76. The van der Waals surface area contributed by atoms with E-state index in [0.29, 0.717) is 5.82 Å². The van der Waals surface area contributed by atoms with E-state index in [-0.39, 0.29) is 41.8 Å². The predicted octanol–water partition coefficient (Wildman–Crippen LogP) is 0.924. The third-order valence-corrected chi connectivity index (χ3v) is 5.54. The quantitative estimate of drug-likeness (QED) is 0.632. The van der Waals surface area contributed by atoms with Crippen molar-refractivity contribution in [3.63, 3.8) is 0 Å². The topological polar surface area (TPSA) is 119 Å². The van der Waals surface area contributed by atoms with E-state index in [9.17, 15) is 13.2 Å². The fourth-order valence-electron chi connectivity index (χ4n) is 2.63. The van der Waals surface area contributed by atoms with Gasteiger partial charge in [0.25, 0.3) is 0 Å². The van der Waals surface area contributed by atoms with E-state index < -0.39 is 10.0 Å². The van der Waals surface area contributed by atoms with Crippen molar-refractivity contribution in [1.29, 1.82) is 0 Å². The first kappa shape index (κ1) is 18.1. The van der Waals surface area contributed by atoms with Crippen LogP contribution >= 0.6 is 0 Å². The van der Waals surface area contributed by atoms with E-state index in [4.69, 9.17) is 4.52 Å². The minimum Gasteiger partial charge on any atom is -0.360 e. The predicted molar refractivity (Wildman–Crippen MR) is 92.8 cm³/mol. The van der Waals surface area contributed by atoms with E-state index in [1.807, 2.05) is 28.8 Å². The molecule has 3 aromatic heterocycles. The Morgan fingerprint density at radius 3 is 2.85 bits per heavy atom. The molecule has 0 radical (unpaired) electrons. The standard InChI is InChI=1S/C16H19N5O4S/c1-11-16(12(2)25-20-11)26(23,24)19-7-6-15(22)18-10-14-17-9-13-5-3-4-8-21(13)14/h3-5,8-9,19H,6-7,10H2,1-2H3,(H,18,22). The van der Waals surface area contributed by atoms with Gasteiger partial charge in [0.2, 0.25) is 15.9 Å². The number of nitrogens with zero attached hydrogens (tertiary/aromatic N) is 3. The van der Waals surface area contributed by atoms with Gasteiger partial charge in [-0.15, -0.1) is 0 Å². The third-order valence-electron chi connectivity index (χ3n) is 3.84. The van der Waals surface area contributed by atoms with Crippen LogP contribution in [0.25, 0.3) is 5.52 Å². The number of aryl methyl sites for hydroxylation is 2. The number of hydrogen-bond donors (Lipinski definition) is 2. The summed E-state index contributed by atoms with van der Waals surface area (Å²) in [5.41, 5.74) is 1.22. The molecule has 0 aliphatic rings. The van der Waals surface area contributed by atoms with Crippen LogP contribution in [0, 0.1) is 13.8 Å². The van der Waals surface area contributed by atoms with Crippen molar-refractivity contribution < 1.29 is 17.7 Å². The molecule has 3 aromatic rings. The highest BCUT2D eigenvalue weighted by molar-refractivity contribution is 7.89. The van der Waals surface area contributed by atoms with Crippen LogP contribution in [0.4, 0.5) is 0 Å². The number of amides is 1. The minimum atomic E-state index is -3.76. The first-order valence-corrected chi connectivity index (χ1v) is 9.47. The molecule has 0 bridgehead atoms. The molecule has 3 rings (SSSR count). The van der Waals surface area contributed by atoms with Crippen LogP contribution in [0.15, 0.2) is 40.0 Å². The molecule has 0 unspecified atom stereocenters. The monoisotopic (exact) mass is 377 g/mol. The lowest BCUT2D eigenvalue weighted by atomic mass is 10.4. The molecule has 0 atom stereocenters. The average Bonchev–Trinajstić information content (AvgIpc) is 3.16. The Balaban J connectivity index is 1.52. The average molecular weight is 377 g/mol. The number of carbonyl (C=O) groups is 1. The Kier molecular flexibility index (Phi) is 5.05. The highest BCUT2D eigenvalue weighted by Gasteiger charge is 2.23. The number of fused-ring (bicyclic) bond motifs is 1. The molecule has 9 nitrogen and oxygen atoms in total. The maximum atomic E-state index is 12.3. The van der Waals surface area contributed by atoms with Gasteiger partial charge >= 0.3 is 0 Å². The molecule has 0 spiro atoms. The Morgan fingerprint density at radius 2 is 2.12 bits per heavy atom. The van der Waals surface area contributed by atoms with Gasteiger partial charge in [-0.05, 0) is 26.0 Å². The lowest BCUT2D eigenvalue weighted by molar-refractivity contribution is -0.121. The Labute approximate surface area is 150 Å². The molecule has 0 aliphatic heterocycles. The fourth-order valence-corrected chi connectivity index (χ4v) is 3.98. The zero-order chi connectivity index (χ0) is 18.7. The summed E-state index contributed by atoms with van der Waals surface area (Å²) >= 11 is 0. The molecule has 138 valence electrons. The summed E-state index contributed by atoms with van der Waals surface area (Å²) in [6, 6.07) is 5.70. The smallest absolute Gasteiger partial charge is 0.245 e. The molecule has 10 heteroatoms. The van der Waals surface area contributed by atoms with E-state index >= 15 is 0 Å². The van der Waals surface area contributed by atoms with E-state index in [2.05, 4.69) is 20.2 Å². The Hall–Kier alpha value is -2.72. The van der Waals surface area contributed by atoms with Gasteiger partial charge in [-0.1, -0.05) is 11.2 Å². The number of rotatable bonds is 7. The second kappa shape index (κ2) is 7.26. The largest absolute Gasteiger partial charge is 0.360 e. The summed E-state index contributed by atoms with van der Waals surface area (Å²) in [6.07, 6.45) is 3.59. The number of sulfonamides is 1. The summed E-state index contributed by atoms with van der Waals surface area (Å²) in [5, 5.41) is 6.36. The highest BCUT2D eigenvalue weighted by atomic mass is 32.2. The van der Waals surface area contributed by atoms with Crippen LogP contribution in [-0.2, 0) is 21.4 Å². The zero-order valence-corrected chi connectivity index (χ0v) is 15.2. The number of nitrogens with one attached hydrogen (secondary N) is 2. The number of hydrogen-bond acceptors (Lipinski definition) is 6. The molecule has 1 amide bonds. The maximum Gasteiger partial charge on any atom is 0.245 e. The molecule has 0 fully saturated rings. The van der Waals surface area contributed by atoms with Crippen LogP contribution in [0.2, 0.25) is 0 Å². The summed E-state index contributed by atoms with van der Waals surface area (Å²) in [6.45, 7) is 3.30. The first-order valence-electron chi connectivity index (χ1n) is 7.98. The number of pyridine rings is 1. The minimum absolute atomic E-state index is 0.00587. The third kappa shape index (κ3) is 3.75. The second-order valence-electron chi connectivity index (χ2n) is 5.75. The van der Waals surface area contributed by atoms with Gasteiger partial charge < -0.3 is 14.2 Å². The molecule has 0 aromatic carbocycles. The molecule has 26 heavy (non-hydrogen) atoms. The number of carbonyl (C=O) groups excluding carboxylic acids is 1. The van der Waals surface area contributed by atoms with Crippen LogP contribution < -0.4 is 10.0 Å². The van der Waals surface area contributed by atoms with Crippen LogP contribution in [0.5, 0.6) is 0 Å². The summed E-state index contributed by atoms with van der Waals surface area (Å²) in [4.78, 5) is 16.2. The molecule has 0 saturated carbocycles. The summed E-state index contributed by atoms with van der Waals surface area (Å²) in [5.74, 6) is 0.634. The number of imidazole rings is 1. The summed E-state index contributed by atoms with van der Waals surface area (Å²) < 4.78 is 33.6. The van der Waals surface area contributed by atoms with Crippen molar-refractivity contribution in [2.75, 3.05) is 6.54 Å². The van der Waals surface area contributed by atoms with Gasteiger partial charge in [0.1, 0.15) is 16.4 Å². The van der Waals surface area contributed by atoms with Crippen LogP contribution in [0.1, 0.15) is 23.7 Å². The van der Waals surface area contributed by atoms with Gasteiger partial charge in [0.05, 0.1) is 18.3 Å². The van der Waals surface area contributed by atoms with Crippen LogP contribution in [-0.4, -0.2) is 35.4 Å². The lowest BCUT2D eigenvalue weighted by Crippen LogP contribution is -2.31. The Morgan fingerprint density at radius 1 is 1.31 bits per heavy atom. The molecule has 0 saturated heterocycles. The molecule has 3 heterocycles. The van der Waals surface area contributed by atoms with Crippen molar-refractivity contribution in [1.82, 2.24) is 24.6 Å². The fraction of sp³-hybridized carbons (Fsp3) is 0.312. The second-order valence-corrected chi connectivity index (χ2v) is 7.45. The van der Waals surface area contributed by atoms with E-state index in [1.165, 1.54) is 6.92 Å². The normalized spacial score (nSPS) is 11.8. The van der Waals surface area contributed by atoms with E-state index in [1.54, 1.807) is 13.1 Å². The zero-order valence-electron chi connectivity index (χ0n) is 14.4. The van der Waals surface area contributed by atoms with Crippen molar-refractivity contribution in [2.45, 2.75) is 31.7 Å². The van der Waals surface area contributed by atoms with E-state index in [0.717, 1.165) is 5.52 Å². The van der Waals surface area contributed by atoms with Gasteiger partial charge in [-0.2, -0.15) is 0 Å². The molecule has 2 N–H and O–H groups in total. The SMILES string of the molecule is Cc1noc(C)c1S(=O)(=O)NCCC(=O)NCc1ncc2ccccn12. The van der Waals surface area contributed by atoms with Crippen molar-refractivity contribution in [3.8, 4) is 0 Å². The van der Waals surface area contributed by atoms with Gasteiger partial charge in [0.15, 0.2) is 5.76 Å². The molecular weight excluding hydrogens is 358 g/mol. The molecule has 0 aliphatic carbocycles.